The number of amides is 2. The highest BCUT2D eigenvalue weighted by Gasteiger charge is 2.27. The quantitative estimate of drug-likeness (QED) is 0.292. The number of rotatable bonds is 10. The van der Waals surface area contributed by atoms with Crippen LogP contribution in [0.3, 0.4) is 0 Å². The molecule has 4 N–H and O–H groups in total. The van der Waals surface area contributed by atoms with Crippen LogP contribution >= 0.6 is 0 Å². The molecule has 1 saturated heterocycles. The molecule has 10 heteroatoms. The second-order valence-electron chi connectivity index (χ2n) is 9.63. The molecule has 0 bridgehead atoms. The zero-order chi connectivity index (χ0) is 27.8. The topological polar surface area (TPSA) is 145 Å². The van der Waals surface area contributed by atoms with E-state index in [1.807, 2.05) is 54.6 Å². The molecule has 39 heavy (non-hydrogen) atoms. The van der Waals surface area contributed by atoms with E-state index in [-0.39, 0.29) is 30.3 Å². The summed E-state index contributed by atoms with van der Waals surface area (Å²) in [6.45, 7) is 2.64. The summed E-state index contributed by atoms with van der Waals surface area (Å²) >= 11 is 0. The van der Waals surface area contributed by atoms with Gasteiger partial charge in [0.05, 0.1) is 12.7 Å². The van der Waals surface area contributed by atoms with Gasteiger partial charge >= 0.3 is 5.97 Å². The summed E-state index contributed by atoms with van der Waals surface area (Å²) < 4.78 is 4.93. The van der Waals surface area contributed by atoms with Crippen LogP contribution in [0, 0.1) is 0 Å². The summed E-state index contributed by atoms with van der Waals surface area (Å²) in [6.07, 6.45) is -0.521. The Labute approximate surface area is 227 Å². The van der Waals surface area contributed by atoms with Crippen LogP contribution in [0.15, 0.2) is 60.7 Å². The van der Waals surface area contributed by atoms with Crippen molar-refractivity contribution in [2.24, 2.45) is 0 Å². The van der Waals surface area contributed by atoms with Gasteiger partial charge in [-0.1, -0.05) is 54.6 Å². The van der Waals surface area contributed by atoms with Gasteiger partial charge < -0.3 is 25.2 Å². The highest BCUT2D eigenvalue weighted by Crippen LogP contribution is 2.20. The van der Waals surface area contributed by atoms with Gasteiger partial charge in [0.15, 0.2) is 11.8 Å². The van der Waals surface area contributed by atoms with Crippen LogP contribution in [0.4, 0.5) is 0 Å². The maximum atomic E-state index is 13.1. The van der Waals surface area contributed by atoms with Crippen LogP contribution in [0.1, 0.15) is 52.7 Å². The van der Waals surface area contributed by atoms with E-state index in [4.69, 9.17) is 4.74 Å². The molecule has 0 aliphatic carbocycles. The van der Waals surface area contributed by atoms with Crippen molar-refractivity contribution in [1.82, 2.24) is 20.4 Å². The van der Waals surface area contributed by atoms with Gasteiger partial charge in [-0.05, 0) is 42.9 Å². The fourth-order valence-corrected chi connectivity index (χ4v) is 4.59. The van der Waals surface area contributed by atoms with Crippen molar-refractivity contribution in [1.29, 1.82) is 0 Å². The average Bonchev–Trinajstić information content (AvgIpc) is 3.45. The molecule has 206 valence electrons. The molecule has 1 fully saturated rings. The summed E-state index contributed by atoms with van der Waals surface area (Å²) in [4.78, 5) is 39.5. The summed E-state index contributed by atoms with van der Waals surface area (Å²) in [6, 6.07) is 18.6. The number of H-pyrrole nitrogens is 1. The van der Waals surface area contributed by atoms with Gasteiger partial charge in [-0.2, -0.15) is 5.10 Å². The number of carbonyl (C=O) groups is 3. The standard InChI is InChI=1S/C29H34N4O6/c1-2-39-29(38)26(35)17-22(16-19-8-10-21(11-9-19)20-6-4-3-5-7-20)30-27(36)24-18-25(32-31-24)28(37)33-14-12-23(34)13-15-33/h3-11,18,22-23,26,34-35H,2,12-17H2,1H3,(H,30,36)(H,31,32)/t22-,26+/m1/s1. The number of esters is 1. The molecule has 4 rings (SSSR count). The number of piperidine rings is 1. The maximum absolute atomic E-state index is 13.1. The Bertz CT molecular complexity index is 1250. The second-order valence-corrected chi connectivity index (χ2v) is 9.63. The van der Waals surface area contributed by atoms with Crippen molar-refractivity contribution in [3.8, 4) is 11.1 Å². The Morgan fingerprint density at radius 2 is 1.74 bits per heavy atom. The molecule has 0 saturated carbocycles. The molecule has 0 unspecified atom stereocenters. The van der Waals surface area contributed by atoms with Crippen molar-refractivity contribution in [3.05, 3.63) is 77.6 Å². The second kappa shape index (κ2) is 13.2. The third-order valence-corrected chi connectivity index (χ3v) is 6.74. The Morgan fingerprint density at radius 3 is 2.41 bits per heavy atom. The minimum Gasteiger partial charge on any atom is -0.464 e. The van der Waals surface area contributed by atoms with E-state index in [9.17, 15) is 24.6 Å². The monoisotopic (exact) mass is 534 g/mol. The first-order chi connectivity index (χ1) is 18.8. The lowest BCUT2D eigenvalue weighted by Crippen LogP contribution is -2.41. The number of aromatic amines is 1. The van der Waals surface area contributed by atoms with Crippen molar-refractivity contribution in [2.75, 3.05) is 19.7 Å². The van der Waals surface area contributed by atoms with Crippen molar-refractivity contribution in [2.45, 2.75) is 50.9 Å². The fourth-order valence-electron chi connectivity index (χ4n) is 4.59. The van der Waals surface area contributed by atoms with E-state index in [2.05, 4.69) is 15.5 Å². The molecule has 0 radical (unpaired) electrons. The molecule has 0 spiro atoms. The van der Waals surface area contributed by atoms with Crippen LogP contribution in [-0.4, -0.2) is 81.0 Å². The molecular weight excluding hydrogens is 500 g/mol. The zero-order valence-electron chi connectivity index (χ0n) is 21.9. The zero-order valence-corrected chi connectivity index (χ0v) is 21.9. The number of aromatic nitrogens is 2. The first kappa shape index (κ1) is 28.0. The fraction of sp³-hybridized carbons (Fsp3) is 0.379. The molecule has 10 nitrogen and oxygen atoms in total. The molecular formula is C29H34N4O6. The van der Waals surface area contributed by atoms with Crippen LogP contribution < -0.4 is 5.32 Å². The number of ether oxygens (including phenoxy) is 1. The predicted molar refractivity (Wildman–Crippen MR) is 144 cm³/mol. The molecule has 1 aromatic heterocycles. The molecule has 3 aromatic rings. The minimum absolute atomic E-state index is 0.0189. The average molecular weight is 535 g/mol. The van der Waals surface area contributed by atoms with Crippen LogP contribution in [0.5, 0.6) is 0 Å². The Kier molecular flexibility index (Phi) is 9.45. The maximum Gasteiger partial charge on any atom is 0.335 e. The first-order valence-electron chi connectivity index (χ1n) is 13.2. The smallest absolute Gasteiger partial charge is 0.335 e. The molecule has 1 aliphatic heterocycles. The highest BCUT2D eigenvalue weighted by atomic mass is 16.5. The number of nitrogens with one attached hydrogen (secondary N) is 2. The highest BCUT2D eigenvalue weighted by molar-refractivity contribution is 5.97. The van der Waals surface area contributed by atoms with Crippen LogP contribution in [-0.2, 0) is 16.0 Å². The van der Waals surface area contributed by atoms with E-state index >= 15 is 0 Å². The van der Waals surface area contributed by atoms with Crippen molar-refractivity contribution in [3.63, 3.8) is 0 Å². The lowest BCUT2D eigenvalue weighted by atomic mass is 9.97. The Morgan fingerprint density at radius 1 is 1.08 bits per heavy atom. The molecule has 2 aromatic carbocycles. The third-order valence-electron chi connectivity index (χ3n) is 6.74. The Hall–Kier alpha value is -4.02. The predicted octanol–water partition coefficient (Wildman–Crippen LogP) is 2.33. The van der Waals surface area contributed by atoms with E-state index in [0.717, 1.165) is 16.7 Å². The number of benzene rings is 2. The minimum atomic E-state index is -1.41. The lowest BCUT2D eigenvalue weighted by Gasteiger charge is -2.29. The number of hydrogen-bond acceptors (Lipinski definition) is 7. The van der Waals surface area contributed by atoms with Gasteiger partial charge in [-0.25, -0.2) is 4.79 Å². The summed E-state index contributed by atoms with van der Waals surface area (Å²) in [5.41, 5.74) is 3.22. The largest absolute Gasteiger partial charge is 0.464 e. The molecule has 1 aliphatic rings. The summed E-state index contributed by atoms with van der Waals surface area (Å²) in [5.74, 6) is -1.59. The van der Waals surface area contributed by atoms with E-state index in [1.54, 1.807) is 11.8 Å². The van der Waals surface area contributed by atoms with E-state index < -0.39 is 30.1 Å². The SMILES string of the molecule is CCOC(=O)[C@@H](O)C[C@@H](Cc1ccc(-c2ccccc2)cc1)NC(=O)c1cc(C(=O)N2CCC(O)CC2)[nH]n1. The van der Waals surface area contributed by atoms with Crippen LogP contribution in [0.2, 0.25) is 0 Å². The van der Waals surface area contributed by atoms with Crippen molar-refractivity contribution < 1.29 is 29.3 Å². The van der Waals surface area contributed by atoms with Gasteiger partial charge in [0, 0.05) is 31.6 Å². The Balaban J connectivity index is 1.45. The molecule has 2 heterocycles. The summed E-state index contributed by atoms with van der Waals surface area (Å²) in [5, 5.41) is 29.6. The van der Waals surface area contributed by atoms with E-state index in [0.29, 0.717) is 32.4 Å². The lowest BCUT2D eigenvalue weighted by molar-refractivity contribution is -0.153. The molecule has 2 amide bonds. The number of likely N-dealkylation sites (tertiary alicyclic amines) is 1. The molecule has 2 atom stereocenters. The summed E-state index contributed by atoms with van der Waals surface area (Å²) in [7, 11) is 0. The number of hydrogen-bond donors (Lipinski definition) is 4. The van der Waals surface area contributed by atoms with Gasteiger partial charge in [0.25, 0.3) is 11.8 Å². The number of aliphatic hydroxyl groups is 2. The normalized spacial score (nSPS) is 15.4. The van der Waals surface area contributed by atoms with Gasteiger partial charge in [0.2, 0.25) is 0 Å². The van der Waals surface area contributed by atoms with Crippen LogP contribution in [0.25, 0.3) is 11.1 Å². The number of carbonyl (C=O) groups excluding carboxylic acids is 3. The van der Waals surface area contributed by atoms with Gasteiger partial charge in [-0.3, -0.25) is 14.7 Å². The number of nitrogens with zero attached hydrogens (tertiary/aromatic N) is 2. The van der Waals surface area contributed by atoms with E-state index in [1.165, 1.54) is 6.07 Å². The van der Waals surface area contributed by atoms with Gasteiger partial charge in [0.1, 0.15) is 5.69 Å². The van der Waals surface area contributed by atoms with Gasteiger partial charge in [-0.15, -0.1) is 0 Å². The first-order valence-corrected chi connectivity index (χ1v) is 13.2. The number of aliphatic hydroxyl groups excluding tert-OH is 2. The third kappa shape index (κ3) is 7.52. The van der Waals surface area contributed by atoms with Crippen molar-refractivity contribution >= 4 is 17.8 Å².